The Kier molecular flexibility index (Phi) is 6.87. The second kappa shape index (κ2) is 9.06. The molecule has 1 heterocycles. The summed E-state index contributed by atoms with van der Waals surface area (Å²) in [4.78, 5) is 24.7. The first kappa shape index (κ1) is 22.7. The van der Waals surface area contributed by atoms with Crippen molar-refractivity contribution in [2.45, 2.75) is 64.3 Å². The van der Waals surface area contributed by atoms with Gasteiger partial charge in [0.25, 0.3) is 5.91 Å². The molecule has 1 saturated heterocycles. The lowest BCUT2D eigenvalue weighted by atomic mass is 10.0. The Balaban J connectivity index is 1.72. The molecule has 1 aromatic carbocycles. The van der Waals surface area contributed by atoms with E-state index in [2.05, 4.69) is 12.2 Å². The molecule has 166 valence electrons. The lowest BCUT2D eigenvalue weighted by Gasteiger charge is -2.30. The molecular formula is C22H32N2O5S. The highest BCUT2D eigenvalue weighted by Gasteiger charge is 2.31. The molecule has 2 fully saturated rings. The maximum absolute atomic E-state index is 13.2. The Morgan fingerprint density at radius 3 is 2.40 bits per heavy atom. The Hall–Kier alpha value is -1.93. The molecule has 1 aromatic rings. The fraction of sp³-hybridized carbons (Fsp3) is 0.636. The molecule has 0 spiro atoms. The van der Waals surface area contributed by atoms with Gasteiger partial charge in [-0.25, -0.2) is 13.2 Å². The van der Waals surface area contributed by atoms with Crippen molar-refractivity contribution < 1.29 is 22.7 Å². The molecule has 1 aliphatic heterocycles. The fourth-order valence-electron chi connectivity index (χ4n) is 3.80. The zero-order chi connectivity index (χ0) is 22.1. The van der Waals surface area contributed by atoms with Gasteiger partial charge in [-0.1, -0.05) is 6.92 Å². The molecule has 0 bridgehead atoms. The van der Waals surface area contributed by atoms with Gasteiger partial charge in [0.2, 0.25) is 10.0 Å². The van der Waals surface area contributed by atoms with Crippen LogP contribution in [-0.4, -0.2) is 50.3 Å². The first-order chi connectivity index (χ1) is 14.1. The van der Waals surface area contributed by atoms with E-state index >= 15 is 0 Å². The number of hydrogen-bond acceptors (Lipinski definition) is 5. The van der Waals surface area contributed by atoms with Gasteiger partial charge in [0.05, 0.1) is 10.5 Å². The van der Waals surface area contributed by atoms with E-state index in [1.54, 1.807) is 19.9 Å². The molecule has 0 aromatic heterocycles. The third kappa shape index (κ3) is 5.21. The topological polar surface area (TPSA) is 92.8 Å². The first-order valence-electron chi connectivity index (χ1n) is 10.7. The molecule has 3 rings (SSSR count). The number of nitrogens with one attached hydrogen (secondary N) is 1. The Morgan fingerprint density at radius 1 is 1.17 bits per heavy atom. The van der Waals surface area contributed by atoms with Crippen LogP contribution in [-0.2, 0) is 19.6 Å². The summed E-state index contributed by atoms with van der Waals surface area (Å²) in [5.74, 6) is -0.0257. The number of benzene rings is 1. The van der Waals surface area contributed by atoms with Crippen molar-refractivity contribution in [3.8, 4) is 0 Å². The van der Waals surface area contributed by atoms with Crippen LogP contribution in [0.2, 0.25) is 0 Å². The van der Waals surface area contributed by atoms with Crippen molar-refractivity contribution in [2.75, 3.05) is 19.7 Å². The molecule has 30 heavy (non-hydrogen) atoms. The molecule has 1 amide bonds. The van der Waals surface area contributed by atoms with Crippen molar-refractivity contribution >= 4 is 21.9 Å². The Labute approximate surface area is 179 Å². The highest BCUT2D eigenvalue weighted by Crippen LogP contribution is 2.32. The van der Waals surface area contributed by atoms with E-state index in [4.69, 9.17) is 4.74 Å². The Bertz CT molecular complexity index is 916. The van der Waals surface area contributed by atoms with E-state index in [1.165, 1.54) is 10.4 Å². The summed E-state index contributed by atoms with van der Waals surface area (Å²) >= 11 is 0. The van der Waals surface area contributed by atoms with Gasteiger partial charge in [-0.05, 0) is 81.5 Å². The maximum Gasteiger partial charge on any atom is 0.338 e. The number of aryl methyl sites for hydroxylation is 1. The number of rotatable bonds is 7. The van der Waals surface area contributed by atoms with Crippen LogP contribution >= 0.6 is 0 Å². The quantitative estimate of drug-likeness (QED) is 0.664. The van der Waals surface area contributed by atoms with Crippen molar-refractivity contribution in [2.24, 2.45) is 11.8 Å². The van der Waals surface area contributed by atoms with Crippen LogP contribution in [0.15, 0.2) is 17.0 Å². The van der Waals surface area contributed by atoms with E-state index in [0.717, 1.165) is 25.7 Å². The summed E-state index contributed by atoms with van der Waals surface area (Å²) in [5, 5.41) is 2.83. The average Bonchev–Trinajstić information content (AvgIpc) is 3.53. The molecule has 1 aliphatic carbocycles. The number of hydrogen-bond donors (Lipinski definition) is 1. The molecule has 1 N–H and O–H groups in total. The average molecular weight is 437 g/mol. The number of carbonyl (C=O) groups is 2. The van der Waals surface area contributed by atoms with Crippen molar-refractivity contribution in [3.05, 3.63) is 28.8 Å². The van der Waals surface area contributed by atoms with E-state index in [9.17, 15) is 18.0 Å². The number of amides is 1. The molecule has 1 atom stereocenters. The van der Waals surface area contributed by atoms with E-state index < -0.39 is 16.0 Å². The van der Waals surface area contributed by atoms with Crippen LogP contribution in [0.4, 0.5) is 0 Å². The minimum atomic E-state index is -3.70. The highest BCUT2D eigenvalue weighted by atomic mass is 32.2. The number of piperidine rings is 1. The van der Waals surface area contributed by atoms with Crippen LogP contribution in [0.3, 0.4) is 0 Å². The molecule has 8 heteroatoms. The van der Waals surface area contributed by atoms with Crippen molar-refractivity contribution in [1.82, 2.24) is 9.62 Å². The maximum atomic E-state index is 13.2. The largest absolute Gasteiger partial charge is 0.452 e. The predicted molar refractivity (Wildman–Crippen MR) is 114 cm³/mol. The van der Waals surface area contributed by atoms with Gasteiger partial charge in [0, 0.05) is 19.1 Å². The molecule has 7 nitrogen and oxygen atoms in total. The minimum Gasteiger partial charge on any atom is -0.452 e. The van der Waals surface area contributed by atoms with Gasteiger partial charge in [0.15, 0.2) is 6.61 Å². The predicted octanol–water partition coefficient (Wildman–Crippen LogP) is 2.80. The number of esters is 1. The fourth-order valence-corrected chi connectivity index (χ4v) is 5.59. The summed E-state index contributed by atoms with van der Waals surface area (Å²) in [7, 11) is -3.70. The van der Waals surface area contributed by atoms with Crippen LogP contribution in [0.25, 0.3) is 0 Å². The summed E-state index contributed by atoms with van der Waals surface area (Å²) in [5.41, 5.74) is 1.46. The van der Waals surface area contributed by atoms with Crippen LogP contribution < -0.4 is 5.32 Å². The molecule has 2 aliphatic rings. The number of nitrogens with zero attached hydrogens (tertiary/aromatic N) is 1. The van der Waals surface area contributed by atoms with E-state index in [1.807, 2.05) is 6.92 Å². The van der Waals surface area contributed by atoms with Crippen LogP contribution in [0, 0.1) is 25.7 Å². The number of carbonyl (C=O) groups excluding carboxylic acids is 2. The van der Waals surface area contributed by atoms with E-state index in [-0.39, 0.29) is 29.0 Å². The number of ether oxygens (including phenoxy) is 1. The summed E-state index contributed by atoms with van der Waals surface area (Å²) in [6.07, 6.45) is 3.87. The standard InChI is InChI=1S/C22H32N2O5S/c1-14-7-9-24(10-8-14)30(27,28)20-12-19(11-15(2)16(20)3)22(26)29-13-21(25)23-17(4)18-5-6-18/h11-12,14,17-18H,5-10,13H2,1-4H3,(H,23,25). The smallest absolute Gasteiger partial charge is 0.338 e. The zero-order valence-corrected chi connectivity index (χ0v) is 19.0. The minimum absolute atomic E-state index is 0.0711. The van der Waals surface area contributed by atoms with E-state index in [0.29, 0.717) is 36.1 Å². The van der Waals surface area contributed by atoms with Crippen LogP contribution in [0.1, 0.15) is 61.0 Å². The summed E-state index contributed by atoms with van der Waals surface area (Å²) in [6, 6.07) is 3.06. The molecule has 1 unspecified atom stereocenters. The van der Waals surface area contributed by atoms with Crippen molar-refractivity contribution in [3.63, 3.8) is 0 Å². The summed E-state index contributed by atoms with van der Waals surface area (Å²) < 4.78 is 33.1. The highest BCUT2D eigenvalue weighted by molar-refractivity contribution is 7.89. The summed E-state index contributed by atoms with van der Waals surface area (Å²) in [6.45, 7) is 8.17. The molecule has 0 radical (unpaired) electrons. The monoisotopic (exact) mass is 436 g/mol. The van der Waals surface area contributed by atoms with Gasteiger partial charge < -0.3 is 10.1 Å². The van der Waals surface area contributed by atoms with Crippen molar-refractivity contribution in [1.29, 1.82) is 0 Å². The third-order valence-corrected chi connectivity index (χ3v) is 8.29. The van der Waals surface area contributed by atoms with Gasteiger partial charge in [-0.2, -0.15) is 4.31 Å². The third-order valence-electron chi connectivity index (χ3n) is 6.27. The van der Waals surface area contributed by atoms with Crippen LogP contribution in [0.5, 0.6) is 0 Å². The second-order valence-electron chi connectivity index (χ2n) is 8.77. The lowest BCUT2D eigenvalue weighted by molar-refractivity contribution is -0.124. The van der Waals surface area contributed by atoms with Gasteiger partial charge >= 0.3 is 5.97 Å². The Morgan fingerprint density at radius 2 is 1.80 bits per heavy atom. The first-order valence-corrected chi connectivity index (χ1v) is 12.1. The normalized spacial score (nSPS) is 19.3. The second-order valence-corrected chi connectivity index (χ2v) is 10.7. The van der Waals surface area contributed by atoms with Gasteiger partial charge in [-0.15, -0.1) is 0 Å². The number of sulfonamides is 1. The van der Waals surface area contributed by atoms with Gasteiger partial charge in [0.1, 0.15) is 0 Å². The zero-order valence-electron chi connectivity index (χ0n) is 18.2. The molecular weight excluding hydrogens is 404 g/mol. The lowest BCUT2D eigenvalue weighted by Crippen LogP contribution is -2.38. The SMILES string of the molecule is Cc1cc(C(=O)OCC(=O)NC(C)C2CC2)cc(S(=O)(=O)N2CCC(C)CC2)c1C. The molecule has 1 saturated carbocycles. The van der Waals surface area contributed by atoms with Gasteiger partial charge in [-0.3, -0.25) is 4.79 Å².